The van der Waals surface area contributed by atoms with Crippen LogP contribution >= 0.6 is 11.3 Å². The van der Waals surface area contributed by atoms with Gasteiger partial charge in [-0.1, -0.05) is 6.42 Å². The molecule has 6 heteroatoms. The summed E-state index contributed by atoms with van der Waals surface area (Å²) in [6, 6.07) is 1.89. The van der Waals surface area contributed by atoms with Gasteiger partial charge in [-0.15, -0.1) is 0 Å². The van der Waals surface area contributed by atoms with Crippen molar-refractivity contribution in [1.82, 2.24) is 10.6 Å². The van der Waals surface area contributed by atoms with Crippen molar-refractivity contribution in [1.29, 1.82) is 0 Å². The molecule has 0 unspecified atom stereocenters. The Morgan fingerprint density at radius 1 is 1.16 bits per heavy atom. The normalized spacial score (nSPS) is 10.1. The molecule has 0 atom stereocenters. The zero-order valence-corrected chi connectivity index (χ0v) is 11.7. The predicted molar refractivity (Wildman–Crippen MR) is 75.5 cm³/mol. The van der Waals surface area contributed by atoms with Crippen LogP contribution < -0.4 is 10.6 Å². The number of thiophene rings is 1. The molecule has 1 aromatic rings. The highest BCUT2D eigenvalue weighted by Crippen LogP contribution is 2.05. The second-order valence-electron chi connectivity index (χ2n) is 4.27. The van der Waals surface area contributed by atoms with E-state index in [4.69, 9.17) is 5.11 Å². The average molecular weight is 284 g/mol. The smallest absolute Gasteiger partial charge is 0.314 e. The molecule has 0 aliphatic carbocycles. The second kappa shape index (κ2) is 9.38. The summed E-state index contributed by atoms with van der Waals surface area (Å²) < 4.78 is 0. The Hall–Kier alpha value is -1.56. The SMILES string of the molecule is O=C(O)CCCCCNC(=O)NCCc1ccsc1. The van der Waals surface area contributed by atoms with E-state index in [1.165, 1.54) is 5.56 Å². The number of unbranched alkanes of at least 4 members (excludes halogenated alkanes) is 2. The molecule has 19 heavy (non-hydrogen) atoms. The number of hydrogen-bond donors (Lipinski definition) is 3. The van der Waals surface area contributed by atoms with Crippen LogP contribution in [0.4, 0.5) is 4.79 Å². The largest absolute Gasteiger partial charge is 0.481 e. The Balaban J connectivity index is 1.92. The molecule has 0 saturated heterocycles. The number of aliphatic carboxylic acids is 1. The van der Waals surface area contributed by atoms with Crippen LogP contribution in [-0.2, 0) is 11.2 Å². The number of urea groups is 1. The maximum Gasteiger partial charge on any atom is 0.314 e. The van der Waals surface area contributed by atoms with Gasteiger partial charge in [-0.05, 0) is 41.7 Å². The van der Waals surface area contributed by atoms with Crippen LogP contribution in [0.15, 0.2) is 16.8 Å². The molecule has 0 saturated carbocycles. The highest BCUT2D eigenvalue weighted by atomic mass is 32.1. The first kappa shape index (κ1) is 15.5. The summed E-state index contributed by atoms with van der Waals surface area (Å²) in [5.41, 5.74) is 1.24. The molecule has 0 bridgehead atoms. The molecule has 2 amide bonds. The summed E-state index contributed by atoms with van der Waals surface area (Å²) in [5, 5.41) is 18.1. The van der Waals surface area contributed by atoms with Gasteiger partial charge < -0.3 is 15.7 Å². The second-order valence-corrected chi connectivity index (χ2v) is 5.05. The molecular formula is C13H20N2O3S. The molecule has 106 valence electrons. The summed E-state index contributed by atoms with van der Waals surface area (Å²) in [4.78, 5) is 21.7. The fraction of sp³-hybridized carbons (Fsp3) is 0.538. The molecule has 1 rings (SSSR count). The van der Waals surface area contributed by atoms with Gasteiger partial charge in [-0.3, -0.25) is 4.79 Å². The van der Waals surface area contributed by atoms with Crippen molar-refractivity contribution in [2.45, 2.75) is 32.1 Å². The Kier molecular flexibility index (Phi) is 7.65. The lowest BCUT2D eigenvalue weighted by molar-refractivity contribution is -0.137. The standard InChI is InChI=1S/C13H20N2O3S/c16-12(17)4-2-1-3-7-14-13(18)15-8-5-11-6-9-19-10-11/h6,9-10H,1-5,7-8H2,(H,16,17)(H2,14,15,18). The summed E-state index contributed by atoms with van der Waals surface area (Å²) in [7, 11) is 0. The number of nitrogens with one attached hydrogen (secondary N) is 2. The van der Waals surface area contributed by atoms with Gasteiger partial charge in [0.05, 0.1) is 0 Å². The lowest BCUT2D eigenvalue weighted by atomic mass is 10.2. The van der Waals surface area contributed by atoms with Crippen molar-refractivity contribution in [3.05, 3.63) is 22.4 Å². The maximum atomic E-state index is 11.4. The van der Waals surface area contributed by atoms with E-state index < -0.39 is 5.97 Å². The minimum absolute atomic E-state index is 0.159. The lowest BCUT2D eigenvalue weighted by Gasteiger charge is -2.06. The number of amides is 2. The minimum Gasteiger partial charge on any atom is -0.481 e. The summed E-state index contributed by atoms with van der Waals surface area (Å²) >= 11 is 1.65. The average Bonchev–Trinajstić information content (AvgIpc) is 2.86. The van der Waals surface area contributed by atoms with E-state index >= 15 is 0 Å². The van der Waals surface area contributed by atoms with E-state index in [0.717, 1.165) is 19.3 Å². The monoisotopic (exact) mass is 284 g/mol. The van der Waals surface area contributed by atoms with Gasteiger partial charge in [0.2, 0.25) is 0 Å². The van der Waals surface area contributed by atoms with E-state index in [9.17, 15) is 9.59 Å². The Morgan fingerprint density at radius 3 is 2.63 bits per heavy atom. The first-order valence-electron chi connectivity index (χ1n) is 6.43. The lowest BCUT2D eigenvalue weighted by Crippen LogP contribution is -2.37. The first-order chi connectivity index (χ1) is 9.18. The van der Waals surface area contributed by atoms with Crippen molar-refractivity contribution in [2.24, 2.45) is 0 Å². The number of hydrogen-bond acceptors (Lipinski definition) is 3. The number of carboxylic acids is 1. The molecule has 0 aromatic carbocycles. The summed E-state index contributed by atoms with van der Waals surface area (Å²) in [6.07, 6.45) is 3.34. The Bertz CT molecular complexity index is 379. The van der Waals surface area contributed by atoms with E-state index in [2.05, 4.69) is 16.0 Å². The molecule has 0 fully saturated rings. The van der Waals surface area contributed by atoms with E-state index in [1.807, 2.05) is 11.4 Å². The molecule has 1 heterocycles. The molecule has 1 aromatic heterocycles. The number of rotatable bonds is 9. The van der Waals surface area contributed by atoms with Crippen LogP contribution in [0, 0.1) is 0 Å². The van der Waals surface area contributed by atoms with Gasteiger partial charge >= 0.3 is 12.0 Å². The fourth-order valence-electron chi connectivity index (χ4n) is 1.60. The quantitative estimate of drug-likeness (QED) is 0.608. The van der Waals surface area contributed by atoms with Crippen LogP contribution in [0.2, 0.25) is 0 Å². The van der Waals surface area contributed by atoms with Crippen molar-refractivity contribution in [3.8, 4) is 0 Å². The zero-order valence-electron chi connectivity index (χ0n) is 10.9. The third-order valence-electron chi connectivity index (χ3n) is 2.63. The van der Waals surface area contributed by atoms with Crippen LogP contribution in [0.3, 0.4) is 0 Å². The fourth-order valence-corrected chi connectivity index (χ4v) is 2.30. The van der Waals surface area contributed by atoms with Crippen molar-refractivity contribution >= 4 is 23.3 Å². The van der Waals surface area contributed by atoms with Crippen LogP contribution in [0.1, 0.15) is 31.2 Å². The van der Waals surface area contributed by atoms with Crippen LogP contribution in [-0.4, -0.2) is 30.2 Å². The third-order valence-corrected chi connectivity index (χ3v) is 3.36. The van der Waals surface area contributed by atoms with Gasteiger partial charge in [-0.2, -0.15) is 11.3 Å². The highest BCUT2D eigenvalue weighted by Gasteiger charge is 2.00. The Morgan fingerprint density at radius 2 is 1.95 bits per heavy atom. The molecule has 3 N–H and O–H groups in total. The molecule has 0 spiro atoms. The van der Waals surface area contributed by atoms with Gasteiger partial charge in [0, 0.05) is 19.5 Å². The van der Waals surface area contributed by atoms with Crippen LogP contribution in [0.25, 0.3) is 0 Å². The van der Waals surface area contributed by atoms with Crippen molar-refractivity contribution < 1.29 is 14.7 Å². The highest BCUT2D eigenvalue weighted by molar-refractivity contribution is 7.07. The van der Waals surface area contributed by atoms with Crippen LogP contribution in [0.5, 0.6) is 0 Å². The first-order valence-corrected chi connectivity index (χ1v) is 7.37. The predicted octanol–water partition coefficient (Wildman–Crippen LogP) is 2.23. The number of carbonyl (C=O) groups is 2. The zero-order chi connectivity index (χ0) is 13.9. The Labute approximate surface area is 117 Å². The van der Waals surface area contributed by atoms with Crippen molar-refractivity contribution in [3.63, 3.8) is 0 Å². The van der Waals surface area contributed by atoms with E-state index in [1.54, 1.807) is 11.3 Å². The summed E-state index contributed by atoms with van der Waals surface area (Å²) in [5.74, 6) is -0.765. The topological polar surface area (TPSA) is 78.4 Å². The number of carboxylic acid groups (broad SMARTS) is 1. The molecule has 5 nitrogen and oxygen atoms in total. The maximum absolute atomic E-state index is 11.4. The van der Waals surface area contributed by atoms with E-state index in [0.29, 0.717) is 19.5 Å². The van der Waals surface area contributed by atoms with Gasteiger partial charge in [0.1, 0.15) is 0 Å². The van der Waals surface area contributed by atoms with Gasteiger partial charge in [0.15, 0.2) is 0 Å². The van der Waals surface area contributed by atoms with Crippen molar-refractivity contribution in [2.75, 3.05) is 13.1 Å². The minimum atomic E-state index is -0.765. The van der Waals surface area contributed by atoms with Gasteiger partial charge in [-0.25, -0.2) is 4.79 Å². The molecule has 0 aliphatic heterocycles. The third kappa shape index (κ3) is 8.20. The summed E-state index contributed by atoms with van der Waals surface area (Å²) in [6.45, 7) is 1.21. The number of carbonyl (C=O) groups excluding carboxylic acids is 1. The van der Waals surface area contributed by atoms with E-state index in [-0.39, 0.29) is 12.5 Å². The molecular weight excluding hydrogens is 264 g/mol. The molecule has 0 radical (unpaired) electrons. The van der Waals surface area contributed by atoms with Gasteiger partial charge in [0.25, 0.3) is 0 Å². The molecule has 0 aliphatic rings.